The Hall–Kier alpha value is -14.7. The number of Topliss-reactive ketones (excluding diaryl/α,β-unsaturated/α-hetero) is 1. The van der Waals surface area contributed by atoms with E-state index in [1.165, 1.54) is 52.8 Å². The predicted molar refractivity (Wildman–Crippen MR) is 482 cm³/mol. The molecule has 0 bridgehead atoms. The van der Waals surface area contributed by atoms with Crippen molar-refractivity contribution >= 4 is 151 Å². The normalized spacial score (nSPS) is 20.6. The monoisotopic (exact) mass is 1940 g/mol. The first-order valence-electron chi connectivity index (χ1n) is 44.1. The number of fused-ring (bicyclic) bond motifs is 1. The molecule has 7 rings (SSSR count). The predicted octanol–water partition coefficient (Wildman–Crippen LogP) is -4.49. The lowest BCUT2D eigenvalue weighted by Crippen LogP contribution is -2.62. The minimum absolute atomic E-state index is 0.0227. The van der Waals surface area contributed by atoms with E-state index in [0.717, 1.165) is 52.9 Å². The maximum Gasteiger partial charge on any atom is 0.329 e. The topological polar surface area (TPSA) is 754 Å². The molecule has 50 heteroatoms. The Balaban J connectivity index is 1.25. The second-order valence-corrected chi connectivity index (χ2v) is 34.7. The van der Waals surface area contributed by atoms with Crippen molar-refractivity contribution in [2.45, 2.75) is 221 Å². The molecule has 0 radical (unpaired) electrons. The fourth-order valence-electron chi connectivity index (χ4n) is 14.6. The molecule has 0 saturated carbocycles. The van der Waals surface area contributed by atoms with Gasteiger partial charge in [0.1, 0.15) is 72.6 Å². The number of carbonyl (C=O) groups excluding carboxylic acids is 16. The molecular formula is C87H117N21O28S. The number of hydrogen-bond acceptors (Lipinski definition) is 29. The van der Waals surface area contributed by atoms with E-state index in [4.69, 9.17) is 16.2 Å². The number of nitrogens with one attached hydrogen (secondary N) is 15. The van der Waals surface area contributed by atoms with Gasteiger partial charge in [-0.15, -0.1) is 0 Å². The van der Waals surface area contributed by atoms with Crippen LogP contribution in [0, 0.1) is 5.92 Å². The van der Waals surface area contributed by atoms with Gasteiger partial charge in [-0.2, -0.15) is 4.31 Å². The van der Waals surface area contributed by atoms with Gasteiger partial charge < -0.3 is 126 Å². The average Bonchev–Trinajstić information content (AvgIpc) is 0.892. The number of nitrogen functional groups attached to an aromatic ring is 1. The van der Waals surface area contributed by atoms with Gasteiger partial charge in [-0.1, -0.05) is 94.8 Å². The van der Waals surface area contributed by atoms with Gasteiger partial charge in [-0.05, 0) is 93.1 Å². The number of aliphatic carboxylic acids is 4. The number of H-pyrrole nitrogens is 1. The summed E-state index contributed by atoms with van der Waals surface area (Å²) in [7, 11) is -3.99. The molecule has 4 heterocycles. The first-order chi connectivity index (χ1) is 65.0. The Bertz CT molecular complexity index is 5270. The second kappa shape index (κ2) is 54.0. The van der Waals surface area contributed by atoms with Crippen molar-refractivity contribution in [3.8, 4) is 0 Å². The molecular weight excluding hydrogens is 1820 g/mol. The molecule has 2 aliphatic heterocycles. The number of carbonyl (C=O) groups is 20. The van der Waals surface area contributed by atoms with Crippen molar-refractivity contribution in [2.24, 2.45) is 11.7 Å². The fraction of sp³-hybridized carbons (Fsp3) is 0.494. The highest BCUT2D eigenvalue weighted by Crippen LogP contribution is 2.24. The number of unbranched alkanes of at least 4 members (excludes halogenated alkanes) is 6. The number of amides is 14. The molecule has 13 atom stereocenters. The average molecular weight is 1940 g/mol. The molecule has 137 heavy (non-hydrogen) atoms. The Morgan fingerprint density at radius 2 is 1.12 bits per heavy atom. The molecule has 2 fully saturated rings. The summed E-state index contributed by atoms with van der Waals surface area (Å²) in [4.78, 5) is 291. The largest absolute Gasteiger partial charge is 0.481 e. The molecule has 13 unspecified atom stereocenters. The zero-order valence-electron chi connectivity index (χ0n) is 75.6. The molecule has 2 aromatic heterocycles. The number of primary amides is 1. The van der Waals surface area contributed by atoms with Crippen LogP contribution in [0.15, 0.2) is 102 Å². The van der Waals surface area contributed by atoms with E-state index >= 15 is 14.4 Å². The Morgan fingerprint density at radius 1 is 0.562 bits per heavy atom. The number of carboxylic acid groups (broad SMARTS) is 4. The number of aromatic nitrogens is 3. The third-order valence-electron chi connectivity index (χ3n) is 22.0. The lowest BCUT2D eigenvalue weighted by Gasteiger charge is -2.33. The Kier molecular flexibility index (Phi) is 43.1. The first kappa shape index (κ1) is 109. The maximum absolute atomic E-state index is 15.1. The van der Waals surface area contributed by atoms with Crippen molar-refractivity contribution < 1.29 is 135 Å². The minimum atomic E-state index is -3.99. The van der Waals surface area contributed by atoms with Crippen molar-refractivity contribution in [2.75, 3.05) is 63.1 Å². The van der Waals surface area contributed by atoms with Crippen LogP contribution < -0.4 is 90.8 Å². The summed E-state index contributed by atoms with van der Waals surface area (Å²) in [5, 5.41) is 82.9. The van der Waals surface area contributed by atoms with Gasteiger partial charge in [0.25, 0.3) is 0 Å². The number of piperazine rings is 1. The third kappa shape index (κ3) is 35.3. The summed E-state index contributed by atoms with van der Waals surface area (Å²) >= 11 is 0. The highest BCUT2D eigenvalue weighted by molar-refractivity contribution is 7.89. The van der Waals surface area contributed by atoms with Gasteiger partial charge in [0.15, 0.2) is 5.78 Å². The van der Waals surface area contributed by atoms with E-state index in [2.05, 4.69) is 80.4 Å². The van der Waals surface area contributed by atoms with E-state index in [1.54, 1.807) is 48.9 Å². The van der Waals surface area contributed by atoms with Gasteiger partial charge in [0.05, 0.1) is 56.7 Å². The van der Waals surface area contributed by atoms with Crippen molar-refractivity contribution in [1.29, 1.82) is 0 Å². The minimum Gasteiger partial charge on any atom is -0.481 e. The number of nitrogens with zero attached hydrogens (tertiary/aromatic N) is 4. The number of sulfonamides is 1. The second-order valence-electron chi connectivity index (χ2n) is 32.7. The number of nitrogens with two attached hydrogens (primary N) is 2. The van der Waals surface area contributed by atoms with Crippen LogP contribution in [0.3, 0.4) is 0 Å². The lowest BCUT2D eigenvalue weighted by atomic mass is 9.96. The quantitative estimate of drug-likeness (QED) is 0.00759. The number of aliphatic hydroxyl groups excluding tert-OH is 1. The zero-order chi connectivity index (χ0) is 101. The molecule has 24 N–H and O–H groups in total. The van der Waals surface area contributed by atoms with E-state index in [0.29, 0.717) is 53.9 Å². The van der Waals surface area contributed by atoms with Crippen LogP contribution in [0.25, 0.3) is 10.9 Å². The van der Waals surface area contributed by atoms with Crippen LogP contribution in [0.2, 0.25) is 0 Å². The number of carboxylic acids is 4. The number of para-hydroxylation sites is 2. The summed E-state index contributed by atoms with van der Waals surface area (Å²) in [6, 6.07) is -3.60. The number of benzene rings is 3. The molecule has 0 spiro atoms. The van der Waals surface area contributed by atoms with Crippen molar-refractivity contribution in [3.63, 3.8) is 0 Å². The summed E-state index contributed by atoms with van der Waals surface area (Å²) in [6.07, 6.45) is 0.349. The number of rotatable bonds is 41. The zero-order valence-corrected chi connectivity index (χ0v) is 76.4. The number of ketones is 1. The molecule has 3 aromatic carbocycles. The molecule has 744 valence electrons. The molecule has 2 saturated heterocycles. The number of cyclic esters (lactones) is 1. The molecule has 49 nitrogen and oxygen atoms in total. The van der Waals surface area contributed by atoms with E-state index in [9.17, 15) is 115 Å². The van der Waals surface area contributed by atoms with E-state index in [1.807, 2.05) is 20.9 Å². The molecule has 5 aromatic rings. The number of esters is 1. The van der Waals surface area contributed by atoms with Gasteiger partial charge in [-0.3, -0.25) is 91.1 Å². The fourth-order valence-corrected chi connectivity index (χ4v) is 16.0. The van der Waals surface area contributed by atoms with E-state index in [-0.39, 0.29) is 61.6 Å². The molecule has 2 aliphatic rings. The number of aromatic amines is 1. The van der Waals surface area contributed by atoms with Crippen LogP contribution in [0.1, 0.15) is 152 Å². The van der Waals surface area contributed by atoms with Crippen LogP contribution in [-0.4, -0.2) is 297 Å². The van der Waals surface area contributed by atoms with Gasteiger partial charge in [0.2, 0.25) is 98.7 Å². The smallest absolute Gasteiger partial charge is 0.329 e. The summed E-state index contributed by atoms with van der Waals surface area (Å²) < 4.78 is 34.7. The molecule has 14 amide bonds. The highest BCUT2D eigenvalue weighted by atomic mass is 32.2. The summed E-state index contributed by atoms with van der Waals surface area (Å²) in [5.74, 6) is -29.8. The molecule has 0 aliphatic carbocycles. The lowest BCUT2D eigenvalue weighted by molar-refractivity contribution is -0.156. The van der Waals surface area contributed by atoms with Crippen LogP contribution >= 0.6 is 0 Å². The van der Waals surface area contributed by atoms with Gasteiger partial charge in [0, 0.05) is 92.7 Å². The summed E-state index contributed by atoms with van der Waals surface area (Å²) in [5.41, 5.74) is 13.0. The number of ether oxygens (including phenoxy) is 1. The maximum atomic E-state index is 15.1. The van der Waals surface area contributed by atoms with Crippen LogP contribution in [0.4, 0.5) is 11.6 Å². The van der Waals surface area contributed by atoms with Crippen LogP contribution in [0.5, 0.6) is 0 Å². The number of hydrogen-bond donors (Lipinski definition) is 22. The standard InChI is InChI=1S/C87H117N21O28S/c1-5-6-7-8-9-10-11-23-67(112)98-58(36-51-43-93-56-21-15-13-18-53(51)56)80(127)101-59(38-66(89)111)81(128)103-62(41-73(121)122)82(129)106-75-49(4)136-86(133)63(37-65(110)54-19-12-14-20-55(54)88)104-85(132)74(47(2)35-70(115)116)105-83(130)64(46-109)99-69(114)44-94-77(124)60(39-71(117)118)100-76(123)48(3)96-79(126)61(40-72(119)120)102-78(125)57(97-68(113)45-95-84(75)131)22-16-28-90-42-50-24-26-52(27-25-50)137(134,135)108-33-31-107(32-34-108)87-91-29-17-30-92-87/h12-15,17-21,24-27,29-30,43,47-49,57-64,74-75,90,93,109H,5-11,16,22-23,28,31-42,44-46,88H2,1-4H3,(H2,89,111)(H,94,124)(H,95,131)(H,96,126)(H,97,113)(H,98,112)(H,99,114)(H,100,123)(H,101,127)(H,102,125)(H,103,128)(H,104,132)(H,105,130)(H,106,129)(H,115,116)(H,117,118)(H,119,120)(H,121,122). The Labute approximate surface area is 785 Å². The van der Waals surface area contributed by atoms with Crippen LogP contribution in [-0.2, 0) is 119 Å². The number of anilines is 2. The van der Waals surface area contributed by atoms with Crippen molar-refractivity contribution in [3.05, 3.63) is 114 Å². The SMILES string of the molecule is CCCCCCCCCC(=O)NC(Cc1c[nH]c2ccccc12)C(=O)NC(CC(N)=O)C(=O)NC(CC(=O)O)C(=O)NC1C(=O)NCC(=O)NC(CCCNCc2ccc(S(=O)(=O)N3CCN(c4ncccn4)CC3)cc2)C(=O)NC(CC(=O)O)C(=O)NC(C)C(=O)NC(CC(=O)O)C(=O)NCC(=O)NC(CO)C(=O)NC(C(C)CC(=O)O)C(=O)NC(CC(=O)c2ccccc2N)C(=O)OC1C. The number of aliphatic hydroxyl groups is 1. The Morgan fingerprint density at radius 3 is 1.74 bits per heavy atom. The van der Waals surface area contributed by atoms with Gasteiger partial charge in [-0.25, -0.2) is 23.2 Å². The third-order valence-corrected chi connectivity index (χ3v) is 23.9. The van der Waals surface area contributed by atoms with E-state index < -0.39 is 271 Å². The highest BCUT2D eigenvalue weighted by Gasteiger charge is 2.42. The summed E-state index contributed by atoms with van der Waals surface area (Å²) in [6.45, 7) is 2.03. The van der Waals surface area contributed by atoms with Crippen molar-refractivity contribution in [1.82, 2.24) is 93.7 Å². The van der Waals surface area contributed by atoms with Gasteiger partial charge >= 0.3 is 29.8 Å². The first-order valence-corrected chi connectivity index (χ1v) is 45.6.